The highest BCUT2D eigenvalue weighted by Gasteiger charge is 2.32. The lowest BCUT2D eigenvalue weighted by atomic mass is 9.97. The van der Waals surface area contributed by atoms with Gasteiger partial charge in [0.15, 0.2) is 5.69 Å². The van der Waals surface area contributed by atoms with Crippen LogP contribution in [0.1, 0.15) is 17.0 Å². The van der Waals surface area contributed by atoms with E-state index in [-0.39, 0.29) is 12.2 Å². The number of benzene rings is 2. The molecule has 176 valence electrons. The molecular weight excluding hydrogens is 545 g/mol. The van der Waals surface area contributed by atoms with E-state index in [9.17, 15) is 18.0 Å². The lowest BCUT2D eigenvalue weighted by Crippen LogP contribution is -2.27. The van der Waals surface area contributed by atoms with Crippen LogP contribution < -0.4 is 5.56 Å². The summed E-state index contributed by atoms with van der Waals surface area (Å²) in [5.74, 6) is 0. The molecule has 0 aliphatic rings. The number of hydrogen-bond acceptors (Lipinski definition) is 3. The van der Waals surface area contributed by atoms with Crippen LogP contribution in [-0.2, 0) is 12.7 Å². The fourth-order valence-electron chi connectivity index (χ4n) is 3.57. The molecule has 0 spiro atoms. The molecule has 0 unspecified atom stereocenters. The fraction of sp³-hybridized carbons (Fsp3) is 0.120. The molecule has 10 heteroatoms. The Morgan fingerprint density at radius 3 is 2.17 bits per heavy atom. The lowest BCUT2D eigenvalue weighted by molar-refractivity contribution is -0.141. The molecule has 4 aromatic rings. The van der Waals surface area contributed by atoms with Gasteiger partial charge in [0, 0.05) is 16.3 Å². The summed E-state index contributed by atoms with van der Waals surface area (Å²) in [6.45, 7) is 8.55. The van der Waals surface area contributed by atoms with Gasteiger partial charge < -0.3 is 0 Å². The Hall–Kier alpha value is -3.48. The van der Waals surface area contributed by atoms with Gasteiger partial charge >= 0.3 is 6.18 Å². The summed E-state index contributed by atoms with van der Waals surface area (Å²) in [5, 5.41) is 4.92. The molecule has 0 atom stereocenters. The quantitative estimate of drug-likeness (QED) is 0.246. The van der Waals surface area contributed by atoms with E-state index in [0.717, 1.165) is 6.07 Å². The lowest BCUT2D eigenvalue weighted by Gasteiger charge is -2.16. The Morgan fingerprint density at radius 2 is 1.60 bits per heavy atom. The average Bonchev–Trinajstić information content (AvgIpc) is 2.82. The first-order valence-corrected chi connectivity index (χ1v) is 11.3. The van der Waals surface area contributed by atoms with Crippen molar-refractivity contribution in [3.8, 4) is 22.3 Å². The van der Waals surface area contributed by atoms with Crippen LogP contribution in [0.3, 0.4) is 0 Å². The Bertz CT molecular complexity index is 1510. The number of aryl methyl sites for hydroxylation is 1. The second-order valence-electron chi connectivity index (χ2n) is 7.61. The first-order valence-electron chi connectivity index (χ1n) is 10.2. The largest absolute Gasteiger partial charge is 0.433 e. The molecule has 5 nitrogen and oxygen atoms in total. The van der Waals surface area contributed by atoms with Crippen molar-refractivity contribution in [1.82, 2.24) is 14.8 Å². The molecule has 2 heterocycles. The number of hydrogen-bond donors (Lipinski definition) is 0. The maximum atomic E-state index is 13.7. The van der Waals surface area contributed by atoms with E-state index >= 15 is 0 Å². The van der Waals surface area contributed by atoms with Crippen molar-refractivity contribution in [2.75, 3.05) is 0 Å². The predicted molar refractivity (Wildman–Crippen MR) is 131 cm³/mol. The molecular formula is C25H15BrClF3N4O. The molecule has 0 aliphatic heterocycles. The topological polar surface area (TPSA) is 52.1 Å². The van der Waals surface area contributed by atoms with Crippen LogP contribution in [0.2, 0.25) is 5.02 Å². The van der Waals surface area contributed by atoms with Gasteiger partial charge in [0.1, 0.15) is 10.3 Å². The summed E-state index contributed by atoms with van der Waals surface area (Å²) in [4.78, 5) is 20.7. The smallest absolute Gasteiger partial charge is 0.267 e. The number of alkyl halides is 3. The molecule has 0 bridgehead atoms. The zero-order valence-electron chi connectivity index (χ0n) is 18.1. The van der Waals surface area contributed by atoms with Gasteiger partial charge in [-0.05, 0) is 57.7 Å². The first-order chi connectivity index (χ1) is 16.6. The summed E-state index contributed by atoms with van der Waals surface area (Å²) in [7, 11) is 0. The van der Waals surface area contributed by atoms with Gasteiger partial charge in [0.05, 0.1) is 18.7 Å². The van der Waals surface area contributed by atoms with Crippen LogP contribution in [-0.4, -0.2) is 14.8 Å². The highest BCUT2D eigenvalue weighted by Crippen LogP contribution is 2.36. The maximum absolute atomic E-state index is 13.7. The van der Waals surface area contributed by atoms with Crippen LogP contribution >= 0.6 is 27.5 Å². The molecule has 0 fully saturated rings. The SMILES string of the molecule is [C-]#[N+]c1ccc(-c2c(-c3ccc(Cl)cc3)c(Br)nn(Cc3ccc(C(F)(F)F)nc3C)c2=O)cc1. The highest BCUT2D eigenvalue weighted by atomic mass is 79.9. The van der Waals surface area contributed by atoms with E-state index in [4.69, 9.17) is 18.2 Å². The molecule has 0 saturated heterocycles. The summed E-state index contributed by atoms with van der Waals surface area (Å²) in [6, 6.07) is 15.6. The van der Waals surface area contributed by atoms with Crippen molar-refractivity contribution in [2.45, 2.75) is 19.6 Å². The third kappa shape index (κ3) is 5.14. The first kappa shape index (κ1) is 24.6. The minimum atomic E-state index is -4.56. The minimum Gasteiger partial charge on any atom is -0.267 e. The standard InChI is InChI=1S/C25H15BrClF3N4O/c1-14-17(7-12-20(32-14)25(28,29)30)13-34-24(35)22(16-5-10-19(31-2)11-6-16)21(23(26)33-34)15-3-8-18(27)9-4-15/h3-12H,13H2,1H3. The van der Waals surface area contributed by atoms with Gasteiger partial charge in [-0.15, -0.1) is 0 Å². The number of halogens is 5. The molecule has 0 amide bonds. The van der Waals surface area contributed by atoms with Crippen LogP contribution in [0.4, 0.5) is 18.9 Å². The van der Waals surface area contributed by atoms with E-state index in [1.54, 1.807) is 48.5 Å². The van der Waals surface area contributed by atoms with Crippen LogP contribution in [0, 0.1) is 13.5 Å². The summed E-state index contributed by atoms with van der Waals surface area (Å²) < 4.78 is 40.6. The van der Waals surface area contributed by atoms with E-state index < -0.39 is 17.4 Å². The molecule has 0 aliphatic carbocycles. The van der Waals surface area contributed by atoms with E-state index in [0.29, 0.717) is 43.1 Å². The zero-order chi connectivity index (χ0) is 25.3. The number of pyridine rings is 1. The van der Waals surface area contributed by atoms with Crippen molar-refractivity contribution in [3.05, 3.63) is 109 Å². The van der Waals surface area contributed by atoms with E-state index in [2.05, 4.69) is 30.9 Å². The van der Waals surface area contributed by atoms with Crippen LogP contribution in [0.5, 0.6) is 0 Å². The Morgan fingerprint density at radius 1 is 1.00 bits per heavy atom. The second-order valence-corrected chi connectivity index (χ2v) is 8.80. The number of rotatable bonds is 4. The average molecular weight is 560 g/mol. The Labute approximate surface area is 211 Å². The summed E-state index contributed by atoms with van der Waals surface area (Å²) >= 11 is 9.50. The molecule has 0 N–H and O–H groups in total. The Balaban J connectivity index is 1.89. The van der Waals surface area contributed by atoms with Gasteiger partial charge in [0.2, 0.25) is 0 Å². The summed E-state index contributed by atoms with van der Waals surface area (Å²) in [6.07, 6.45) is -4.56. The van der Waals surface area contributed by atoms with Crippen molar-refractivity contribution < 1.29 is 13.2 Å². The monoisotopic (exact) mass is 558 g/mol. The normalized spacial score (nSPS) is 11.3. The maximum Gasteiger partial charge on any atom is 0.433 e. The van der Waals surface area contributed by atoms with Crippen molar-refractivity contribution in [3.63, 3.8) is 0 Å². The van der Waals surface area contributed by atoms with E-state index in [1.807, 2.05) is 0 Å². The van der Waals surface area contributed by atoms with Crippen molar-refractivity contribution in [1.29, 1.82) is 0 Å². The molecule has 0 radical (unpaired) electrons. The Kier molecular flexibility index (Phi) is 6.79. The third-order valence-corrected chi connectivity index (χ3v) is 6.14. The van der Waals surface area contributed by atoms with Gasteiger partial charge in [-0.1, -0.05) is 54.1 Å². The third-order valence-electron chi connectivity index (χ3n) is 5.34. The second kappa shape index (κ2) is 9.64. The van der Waals surface area contributed by atoms with Crippen LogP contribution in [0.15, 0.2) is 70.1 Å². The van der Waals surface area contributed by atoms with Crippen LogP contribution in [0.25, 0.3) is 27.1 Å². The van der Waals surface area contributed by atoms with Crippen molar-refractivity contribution >= 4 is 33.2 Å². The van der Waals surface area contributed by atoms with Gasteiger partial charge in [-0.3, -0.25) is 4.79 Å². The molecule has 2 aromatic carbocycles. The van der Waals surface area contributed by atoms with E-state index in [1.165, 1.54) is 17.7 Å². The highest BCUT2D eigenvalue weighted by molar-refractivity contribution is 9.10. The minimum absolute atomic E-state index is 0.0809. The molecule has 35 heavy (non-hydrogen) atoms. The zero-order valence-corrected chi connectivity index (χ0v) is 20.4. The van der Waals surface area contributed by atoms with Crippen molar-refractivity contribution in [2.24, 2.45) is 0 Å². The molecule has 2 aromatic heterocycles. The molecule has 4 rings (SSSR count). The fourth-order valence-corrected chi connectivity index (χ4v) is 4.32. The predicted octanol–water partition coefficient (Wildman–Crippen LogP) is 7.31. The van der Waals surface area contributed by atoms with Gasteiger partial charge in [-0.25, -0.2) is 14.5 Å². The molecule has 0 saturated carbocycles. The van der Waals surface area contributed by atoms with Gasteiger partial charge in [0.25, 0.3) is 5.56 Å². The van der Waals surface area contributed by atoms with Gasteiger partial charge in [-0.2, -0.15) is 18.3 Å². The summed E-state index contributed by atoms with van der Waals surface area (Å²) in [5.41, 5.74) is 1.64. The number of nitrogens with zero attached hydrogens (tertiary/aromatic N) is 4. The number of aromatic nitrogens is 3.